The number of anilines is 1. The summed E-state index contributed by atoms with van der Waals surface area (Å²) in [7, 11) is 0. The smallest absolute Gasteiger partial charge is 0.391 e. The van der Waals surface area contributed by atoms with Gasteiger partial charge >= 0.3 is 6.18 Å². The molecule has 10 heteroatoms. The summed E-state index contributed by atoms with van der Waals surface area (Å²) >= 11 is 0. The van der Waals surface area contributed by atoms with E-state index >= 15 is 0 Å². The van der Waals surface area contributed by atoms with Crippen LogP contribution < -0.4 is 10.1 Å². The van der Waals surface area contributed by atoms with Crippen molar-refractivity contribution >= 4 is 16.9 Å². The zero-order valence-corrected chi connectivity index (χ0v) is 17.3. The van der Waals surface area contributed by atoms with Gasteiger partial charge in [0.15, 0.2) is 0 Å². The van der Waals surface area contributed by atoms with Crippen LogP contribution in [0.25, 0.3) is 10.9 Å². The van der Waals surface area contributed by atoms with Crippen LogP contribution in [0, 0.1) is 0 Å². The van der Waals surface area contributed by atoms with E-state index in [0.717, 1.165) is 18.4 Å². The van der Waals surface area contributed by atoms with Crippen LogP contribution in [-0.2, 0) is 0 Å². The lowest BCUT2D eigenvalue weighted by Gasteiger charge is -2.31. The van der Waals surface area contributed by atoms with Crippen LogP contribution in [-0.4, -0.2) is 55.7 Å². The summed E-state index contributed by atoms with van der Waals surface area (Å²) in [5.74, 6) is 0.632. The Kier molecular flexibility index (Phi) is 6.20. The molecule has 0 bridgehead atoms. The minimum absolute atomic E-state index is 0.123. The fraction of sp³-hybridized carbons (Fsp3) is 0.667. The first-order chi connectivity index (χ1) is 14.7. The maximum Gasteiger partial charge on any atom is 0.391 e. The summed E-state index contributed by atoms with van der Waals surface area (Å²) in [6, 6.07) is -0.875. The molecule has 170 valence electrons. The van der Waals surface area contributed by atoms with Crippen molar-refractivity contribution in [3.63, 3.8) is 0 Å². The van der Waals surface area contributed by atoms with Crippen molar-refractivity contribution in [2.45, 2.75) is 88.3 Å². The van der Waals surface area contributed by atoms with Crippen LogP contribution >= 0.6 is 0 Å². The van der Waals surface area contributed by atoms with E-state index in [1.165, 1.54) is 13.1 Å². The van der Waals surface area contributed by atoms with Crippen molar-refractivity contribution in [3.8, 4) is 5.88 Å². The Morgan fingerprint density at radius 3 is 2.45 bits per heavy atom. The number of fused-ring (bicyclic) bond motifs is 1. The van der Waals surface area contributed by atoms with Gasteiger partial charge in [0, 0.05) is 36.8 Å². The number of halogens is 3. The highest BCUT2D eigenvalue weighted by molar-refractivity contribution is 5.86. The highest BCUT2D eigenvalue weighted by Gasteiger charge is 2.32. The molecule has 2 heterocycles. The van der Waals surface area contributed by atoms with Gasteiger partial charge in [-0.25, -0.2) is 15.0 Å². The van der Waals surface area contributed by atoms with E-state index < -0.39 is 18.6 Å². The highest BCUT2D eigenvalue weighted by Crippen LogP contribution is 2.38. The summed E-state index contributed by atoms with van der Waals surface area (Å²) in [4.78, 5) is 13.2. The van der Waals surface area contributed by atoms with Crippen molar-refractivity contribution in [1.29, 1.82) is 0 Å². The molecule has 0 amide bonds. The fourth-order valence-corrected chi connectivity index (χ4v) is 4.28. The van der Waals surface area contributed by atoms with Gasteiger partial charge in [0.1, 0.15) is 6.10 Å². The Labute approximate surface area is 178 Å². The molecular weight excluding hydrogens is 413 g/mol. The number of aliphatic hydroxyl groups excluding tert-OH is 2. The van der Waals surface area contributed by atoms with Crippen molar-refractivity contribution in [1.82, 2.24) is 15.0 Å². The van der Waals surface area contributed by atoms with Crippen molar-refractivity contribution in [2.75, 3.05) is 5.32 Å². The van der Waals surface area contributed by atoms with Crippen LogP contribution in [0.4, 0.5) is 19.1 Å². The third kappa shape index (κ3) is 5.35. The molecule has 1 atom stereocenters. The number of pyridine rings is 1. The Bertz CT molecular complexity index is 913. The van der Waals surface area contributed by atoms with Gasteiger partial charge in [-0.2, -0.15) is 13.2 Å². The zero-order chi connectivity index (χ0) is 22.2. The number of nitrogens with one attached hydrogen (secondary N) is 1. The first-order valence-electron chi connectivity index (χ1n) is 10.7. The maximum absolute atomic E-state index is 12.7. The van der Waals surface area contributed by atoms with Gasteiger partial charge in [-0.3, -0.25) is 0 Å². The van der Waals surface area contributed by atoms with Gasteiger partial charge in [-0.05, 0) is 38.5 Å². The Hall–Kier alpha value is -2.20. The number of alkyl halides is 3. The van der Waals surface area contributed by atoms with Gasteiger partial charge in [-0.15, -0.1) is 0 Å². The molecule has 7 nitrogen and oxygen atoms in total. The molecule has 0 unspecified atom stereocenters. The number of rotatable bonds is 6. The Balaban J connectivity index is 1.64. The average Bonchev–Trinajstić information content (AvgIpc) is 2.66. The standard InChI is InChI=1S/C21H27F3N4O3/c1-11(8-21(22,23)24)27-20-26-10-17-18(28-20)16(12-2-4-13(29)5-3-12)9-25-19(17)31-15-6-14(30)7-15/h9-15,29-30H,2-8H2,1H3,(H,26,27,28)/t11-,12-,13-,14-,15+/m0/s1. The second-order valence-corrected chi connectivity index (χ2v) is 8.71. The topological polar surface area (TPSA) is 100 Å². The Morgan fingerprint density at radius 1 is 1.10 bits per heavy atom. The first kappa shape index (κ1) is 22.0. The van der Waals surface area contributed by atoms with Crippen LogP contribution in [0.5, 0.6) is 5.88 Å². The second-order valence-electron chi connectivity index (χ2n) is 8.71. The molecule has 2 aliphatic rings. The van der Waals surface area contributed by atoms with Gasteiger partial charge in [-0.1, -0.05) is 0 Å². The lowest BCUT2D eigenvalue weighted by Crippen LogP contribution is -2.37. The molecule has 2 aromatic heterocycles. The third-order valence-corrected chi connectivity index (χ3v) is 6.01. The van der Waals surface area contributed by atoms with E-state index in [1.807, 2.05) is 0 Å². The monoisotopic (exact) mass is 440 g/mol. The quantitative estimate of drug-likeness (QED) is 0.630. The molecule has 0 radical (unpaired) electrons. The van der Waals surface area contributed by atoms with Crippen LogP contribution in [0.1, 0.15) is 63.4 Å². The highest BCUT2D eigenvalue weighted by atomic mass is 19.4. The van der Waals surface area contributed by atoms with E-state index in [4.69, 9.17) is 4.74 Å². The van der Waals surface area contributed by atoms with Gasteiger partial charge in [0.2, 0.25) is 11.8 Å². The molecule has 2 saturated carbocycles. The second kappa shape index (κ2) is 8.74. The van der Waals surface area contributed by atoms with Crippen molar-refractivity contribution in [2.24, 2.45) is 0 Å². The molecule has 3 N–H and O–H groups in total. The van der Waals surface area contributed by atoms with Crippen molar-refractivity contribution < 1.29 is 28.1 Å². The van der Waals surface area contributed by atoms with E-state index in [2.05, 4.69) is 20.3 Å². The zero-order valence-electron chi connectivity index (χ0n) is 17.3. The number of hydrogen-bond donors (Lipinski definition) is 3. The molecule has 0 spiro atoms. The average molecular weight is 440 g/mol. The molecule has 0 saturated heterocycles. The lowest BCUT2D eigenvalue weighted by molar-refractivity contribution is -0.136. The molecule has 2 aromatic rings. The molecular formula is C21H27F3N4O3. The number of aliphatic hydroxyl groups is 2. The van der Waals surface area contributed by atoms with E-state index in [0.29, 0.717) is 42.5 Å². The molecule has 2 aliphatic carbocycles. The molecule has 31 heavy (non-hydrogen) atoms. The third-order valence-electron chi connectivity index (χ3n) is 6.01. The van der Waals surface area contributed by atoms with E-state index in [-0.39, 0.29) is 30.2 Å². The van der Waals surface area contributed by atoms with Crippen LogP contribution in [0.3, 0.4) is 0 Å². The SMILES string of the molecule is C[C@@H](CC(F)(F)F)Nc1ncc2c(O[C@H]3C[C@@H](O)C3)ncc([C@H]3CC[C@H](O)CC3)c2n1. The lowest BCUT2D eigenvalue weighted by atomic mass is 9.83. The predicted molar refractivity (Wildman–Crippen MR) is 108 cm³/mol. The normalized spacial score (nSPS) is 27.5. The summed E-state index contributed by atoms with van der Waals surface area (Å²) in [5, 5.41) is 22.7. The van der Waals surface area contributed by atoms with Gasteiger partial charge in [0.25, 0.3) is 0 Å². The summed E-state index contributed by atoms with van der Waals surface area (Å²) in [6.45, 7) is 1.44. The number of aromatic nitrogens is 3. The van der Waals surface area contributed by atoms with Gasteiger partial charge in [0.05, 0.1) is 29.5 Å². The molecule has 4 rings (SSSR count). The number of ether oxygens (including phenoxy) is 1. The molecule has 0 aliphatic heterocycles. The maximum atomic E-state index is 12.7. The van der Waals surface area contributed by atoms with Crippen molar-refractivity contribution in [3.05, 3.63) is 18.0 Å². The molecule has 0 aromatic carbocycles. The number of hydrogen-bond acceptors (Lipinski definition) is 7. The van der Waals surface area contributed by atoms with Crippen LogP contribution in [0.2, 0.25) is 0 Å². The summed E-state index contributed by atoms with van der Waals surface area (Å²) in [5.41, 5.74) is 1.49. The number of nitrogens with zero attached hydrogens (tertiary/aromatic N) is 3. The largest absolute Gasteiger partial charge is 0.474 e. The van der Waals surface area contributed by atoms with Crippen LogP contribution in [0.15, 0.2) is 12.4 Å². The first-order valence-corrected chi connectivity index (χ1v) is 10.7. The fourth-order valence-electron chi connectivity index (χ4n) is 4.28. The minimum atomic E-state index is -4.28. The van der Waals surface area contributed by atoms with Gasteiger partial charge < -0.3 is 20.3 Å². The predicted octanol–water partition coefficient (Wildman–Crippen LogP) is 3.70. The minimum Gasteiger partial charge on any atom is -0.474 e. The summed E-state index contributed by atoms with van der Waals surface area (Å²) in [6.07, 6.45) is 1.15. The summed E-state index contributed by atoms with van der Waals surface area (Å²) < 4.78 is 44.0. The molecule has 2 fully saturated rings. The van der Waals surface area contributed by atoms with E-state index in [9.17, 15) is 23.4 Å². The van der Waals surface area contributed by atoms with E-state index in [1.54, 1.807) is 6.20 Å². The Morgan fingerprint density at radius 2 is 1.81 bits per heavy atom.